The average Bonchev–Trinajstić information content (AvgIpc) is 2.59. The summed E-state index contributed by atoms with van der Waals surface area (Å²) in [6, 6.07) is 4.90. The van der Waals surface area contributed by atoms with E-state index in [4.69, 9.17) is 5.73 Å². The minimum atomic E-state index is -0.623. The number of hydrogen-bond acceptors (Lipinski definition) is 6. The second-order valence-electron chi connectivity index (χ2n) is 6.66. The maximum atomic E-state index is 13.0. The summed E-state index contributed by atoms with van der Waals surface area (Å²) in [7, 11) is 0. The minimum absolute atomic E-state index is 0.0448. The van der Waals surface area contributed by atoms with Crippen LogP contribution in [-0.4, -0.2) is 33.8 Å². The number of pyridine rings is 1. The standard InChI is InChI=1S/C18H18FN5O4/c1-9-4-10(2-3-15(9)24(27)28)17(25)22-12-6-13(7-12)23-18(26)16-14(20)5-11(19)8-21-16/h2-5,8,12-13H,6-7,20H2,1H3,(H,22,25)(H,23,26). The number of nitrogens with zero attached hydrogens (tertiary/aromatic N) is 2. The van der Waals surface area contributed by atoms with Gasteiger partial charge in [-0.2, -0.15) is 0 Å². The number of nitrogens with one attached hydrogen (secondary N) is 2. The molecule has 0 radical (unpaired) electrons. The summed E-state index contributed by atoms with van der Waals surface area (Å²) in [5, 5.41) is 16.4. The Balaban J connectivity index is 1.51. The molecule has 1 aliphatic carbocycles. The number of amides is 2. The minimum Gasteiger partial charge on any atom is -0.397 e. The molecule has 0 saturated heterocycles. The number of aryl methyl sites for hydroxylation is 1. The lowest BCUT2D eigenvalue weighted by Gasteiger charge is -2.36. The number of benzene rings is 1. The zero-order chi connectivity index (χ0) is 20.4. The molecule has 10 heteroatoms. The van der Waals surface area contributed by atoms with E-state index in [0.717, 1.165) is 12.3 Å². The number of nitrogens with two attached hydrogens (primary N) is 1. The fourth-order valence-corrected chi connectivity index (χ4v) is 3.02. The third kappa shape index (κ3) is 4.05. The van der Waals surface area contributed by atoms with Crippen molar-refractivity contribution in [2.24, 2.45) is 0 Å². The van der Waals surface area contributed by atoms with Crippen LogP contribution in [0, 0.1) is 22.9 Å². The third-order valence-corrected chi connectivity index (χ3v) is 4.56. The number of nitro benzene ring substituents is 1. The molecule has 0 aliphatic heterocycles. The number of carbonyl (C=O) groups excluding carboxylic acids is 2. The van der Waals surface area contributed by atoms with Crippen molar-refractivity contribution < 1.29 is 18.9 Å². The number of halogens is 1. The molecule has 4 N–H and O–H groups in total. The van der Waals surface area contributed by atoms with Gasteiger partial charge >= 0.3 is 0 Å². The molecule has 1 saturated carbocycles. The quantitative estimate of drug-likeness (QED) is 0.527. The summed E-state index contributed by atoms with van der Waals surface area (Å²) < 4.78 is 13.0. The van der Waals surface area contributed by atoms with E-state index in [1.165, 1.54) is 18.2 Å². The monoisotopic (exact) mass is 387 g/mol. The van der Waals surface area contributed by atoms with E-state index in [1.54, 1.807) is 6.92 Å². The van der Waals surface area contributed by atoms with Crippen LogP contribution in [0.1, 0.15) is 39.3 Å². The Morgan fingerprint density at radius 2 is 1.86 bits per heavy atom. The molecule has 28 heavy (non-hydrogen) atoms. The molecular formula is C18H18FN5O4. The molecule has 3 rings (SSSR count). The van der Waals surface area contributed by atoms with Gasteiger partial charge in [-0.15, -0.1) is 0 Å². The van der Waals surface area contributed by atoms with Gasteiger partial charge in [-0.05, 0) is 31.9 Å². The average molecular weight is 387 g/mol. The summed E-state index contributed by atoms with van der Waals surface area (Å²) in [4.78, 5) is 38.4. The van der Waals surface area contributed by atoms with Gasteiger partial charge in [0.2, 0.25) is 0 Å². The van der Waals surface area contributed by atoms with Crippen molar-refractivity contribution >= 4 is 23.2 Å². The molecule has 1 fully saturated rings. The van der Waals surface area contributed by atoms with Crippen LogP contribution < -0.4 is 16.4 Å². The van der Waals surface area contributed by atoms with Gasteiger partial charge < -0.3 is 16.4 Å². The Morgan fingerprint density at radius 3 is 2.43 bits per heavy atom. The molecule has 0 spiro atoms. The third-order valence-electron chi connectivity index (χ3n) is 4.56. The predicted molar refractivity (Wildman–Crippen MR) is 98.2 cm³/mol. The summed E-state index contributed by atoms with van der Waals surface area (Å²) in [6.07, 6.45) is 1.95. The second-order valence-corrected chi connectivity index (χ2v) is 6.66. The highest BCUT2D eigenvalue weighted by Crippen LogP contribution is 2.23. The fourth-order valence-electron chi connectivity index (χ4n) is 3.02. The van der Waals surface area contributed by atoms with Crippen molar-refractivity contribution in [2.75, 3.05) is 5.73 Å². The van der Waals surface area contributed by atoms with Crippen LogP contribution in [0.4, 0.5) is 15.8 Å². The van der Waals surface area contributed by atoms with Crippen LogP contribution in [0.5, 0.6) is 0 Å². The highest BCUT2D eigenvalue weighted by Gasteiger charge is 2.32. The number of carbonyl (C=O) groups is 2. The highest BCUT2D eigenvalue weighted by molar-refractivity contribution is 5.97. The lowest BCUT2D eigenvalue weighted by Crippen LogP contribution is -2.53. The molecule has 0 bridgehead atoms. The smallest absolute Gasteiger partial charge is 0.272 e. The molecule has 2 aromatic rings. The van der Waals surface area contributed by atoms with Gasteiger partial charge in [0.25, 0.3) is 17.5 Å². The topological polar surface area (TPSA) is 140 Å². The molecule has 1 aliphatic rings. The van der Waals surface area contributed by atoms with Gasteiger partial charge in [0, 0.05) is 35.3 Å². The summed E-state index contributed by atoms with van der Waals surface area (Å²) >= 11 is 0. The van der Waals surface area contributed by atoms with Crippen LogP contribution >= 0.6 is 0 Å². The van der Waals surface area contributed by atoms with Crippen LogP contribution in [0.2, 0.25) is 0 Å². The molecular weight excluding hydrogens is 369 g/mol. The van der Waals surface area contributed by atoms with E-state index in [0.29, 0.717) is 24.0 Å². The summed E-state index contributed by atoms with van der Waals surface area (Å²) in [5.74, 6) is -1.46. The Bertz CT molecular complexity index is 959. The van der Waals surface area contributed by atoms with E-state index in [-0.39, 0.29) is 35.1 Å². The van der Waals surface area contributed by atoms with Crippen molar-refractivity contribution in [3.8, 4) is 0 Å². The van der Waals surface area contributed by atoms with Gasteiger partial charge in [-0.1, -0.05) is 0 Å². The lowest BCUT2D eigenvalue weighted by molar-refractivity contribution is -0.385. The van der Waals surface area contributed by atoms with Crippen LogP contribution in [0.3, 0.4) is 0 Å². The summed E-state index contributed by atoms with van der Waals surface area (Å²) in [6.45, 7) is 1.57. The largest absolute Gasteiger partial charge is 0.397 e. The van der Waals surface area contributed by atoms with E-state index in [2.05, 4.69) is 15.6 Å². The van der Waals surface area contributed by atoms with E-state index in [1.807, 2.05) is 0 Å². The van der Waals surface area contributed by atoms with E-state index in [9.17, 15) is 24.1 Å². The van der Waals surface area contributed by atoms with Gasteiger partial charge in [-0.3, -0.25) is 19.7 Å². The van der Waals surface area contributed by atoms with Crippen molar-refractivity contribution in [3.63, 3.8) is 0 Å². The van der Waals surface area contributed by atoms with Crippen molar-refractivity contribution in [2.45, 2.75) is 31.8 Å². The normalized spacial score (nSPS) is 18.1. The van der Waals surface area contributed by atoms with Gasteiger partial charge in [0.1, 0.15) is 5.82 Å². The molecule has 146 valence electrons. The van der Waals surface area contributed by atoms with Gasteiger partial charge in [0.05, 0.1) is 16.8 Å². The predicted octanol–water partition coefficient (Wildman–Crippen LogP) is 1.71. The fraction of sp³-hybridized carbons (Fsp3) is 0.278. The Labute approximate surface area is 159 Å². The first kappa shape index (κ1) is 19.2. The highest BCUT2D eigenvalue weighted by atomic mass is 19.1. The Kier molecular flexibility index (Phi) is 5.21. The molecule has 9 nitrogen and oxygen atoms in total. The first-order valence-electron chi connectivity index (χ1n) is 8.52. The van der Waals surface area contributed by atoms with Gasteiger partial charge in [0.15, 0.2) is 5.69 Å². The first-order chi connectivity index (χ1) is 13.2. The Morgan fingerprint density at radius 1 is 1.21 bits per heavy atom. The van der Waals surface area contributed by atoms with Crippen LogP contribution in [-0.2, 0) is 0 Å². The maximum absolute atomic E-state index is 13.0. The number of anilines is 1. The number of rotatable bonds is 5. The number of aromatic nitrogens is 1. The number of nitro groups is 1. The molecule has 1 aromatic heterocycles. The van der Waals surface area contributed by atoms with Crippen LogP contribution in [0.25, 0.3) is 0 Å². The Hall–Kier alpha value is -3.56. The van der Waals surface area contributed by atoms with Gasteiger partial charge in [-0.25, -0.2) is 9.37 Å². The number of nitrogen functional groups attached to an aromatic ring is 1. The molecule has 1 aromatic carbocycles. The van der Waals surface area contributed by atoms with Crippen LogP contribution in [0.15, 0.2) is 30.5 Å². The zero-order valence-electron chi connectivity index (χ0n) is 14.9. The van der Waals surface area contributed by atoms with Crippen molar-refractivity contribution in [3.05, 3.63) is 63.2 Å². The van der Waals surface area contributed by atoms with Crippen molar-refractivity contribution in [1.29, 1.82) is 0 Å². The summed E-state index contributed by atoms with van der Waals surface area (Å²) in [5.41, 5.74) is 6.19. The maximum Gasteiger partial charge on any atom is 0.272 e. The molecule has 0 unspecified atom stereocenters. The first-order valence-corrected chi connectivity index (χ1v) is 8.52. The molecule has 0 atom stereocenters. The van der Waals surface area contributed by atoms with E-state index < -0.39 is 16.6 Å². The van der Waals surface area contributed by atoms with E-state index >= 15 is 0 Å². The molecule has 1 heterocycles. The SMILES string of the molecule is Cc1cc(C(=O)NC2CC(NC(=O)c3ncc(F)cc3N)C2)ccc1[N+](=O)[O-]. The lowest BCUT2D eigenvalue weighted by atomic mass is 9.86. The van der Waals surface area contributed by atoms with Crippen molar-refractivity contribution in [1.82, 2.24) is 15.6 Å². The number of hydrogen-bond donors (Lipinski definition) is 3. The zero-order valence-corrected chi connectivity index (χ0v) is 14.9. The molecule has 2 amide bonds. The second kappa shape index (κ2) is 7.59.